The number of hydrogen-bond donors (Lipinski definition) is 0. The first kappa shape index (κ1) is 21.0. The number of ether oxygens (including phenoxy) is 1. The zero-order valence-corrected chi connectivity index (χ0v) is 16.6. The van der Waals surface area contributed by atoms with Gasteiger partial charge in [-0.2, -0.15) is 13.5 Å². The summed E-state index contributed by atoms with van der Waals surface area (Å²) in [5.74, 6) is -1.02. The lowest BCUT2D eigenvalue weighted by Crippen LogP contribution is -2.51. The Kier molecular flexibility index (Phi) is 6.31. The molecule has 1 aliphatic heterocycles. The van der Waals surface area contributed by atoms with E-state index in [2.05, 4.69) is 0 Å². The minimum atomic E-state index is -1.79. The van der Waals surface area contributed by atoms with Crippen LogP contribution in [0.4, 0.5) is 9.18 Å². The van der Waals surface area contributed by atoms with Gasteiger partial charge in [-0.1, -0.05) is 74.5 Å². The Morgan fingerprint density at radius 1 is 1.00 bits per heavy atom. The van der Waals surface area contributed by atoms with Gasteiger partial charge < -0.3 is 4.74 Å². The third kappa shape index (κ3) is 3.46. The Morgan fingerprint density at radius 2 is 1.44 bits per heavy atom. The van der Waals surface area contributed by atoms with Crippen LogP contribution in [0.5, 0.6) is 0 Å². The van der Waals surface area contributed by atoms with Crippen molar-refractivity contribution in [2.24, 2.45) is 5.92 Å². The fourth-order valence-corrected chi connectivity index (χ4v) is 3.73. The van der Waals surface area contributed by atoms with Gasteiger partial charge in [0.25, 0.3) is 5.91 Å². The molecule has 0 aromatic heterocycles. The van der Waals surface area contributed by atoms with Gasteiger partial charge in [0.2, 0.25) is 0 Å². The molecule has 2 aromatic rings. The molecule has 1 unspecified atom stereocenters. The summed E-state index contributed by atoms with van der Waals surface area (Å²) in [6, 6.07) is 18.0. The van der Waals surface area contributed by atoms with Crippen LogP contribution in [0.15, 0.2) is 60.7 Å². The van der Waals surface area contributed by atoms with Gasteiger partial charge in [0.1, 0.15) is 0 Å². The summed E-state index contributed by atoms with van der Waals surface area (Å²) in [4.78, 5) is 26.1. The maximum Gasteiger partial charge on any atom is 0.418 e. The van der Waals surface area contributed by atoms with Crippen molar-refractivity contribution in [3.63, 3.8) is 0 Å². The summed E-state index contributed by atoms with van der Waals surface area (Å²) in [5, 5.41) is 0. The van der Waals surface area contributed by atoms with Crippen molar-refractivity contribution in [1.82, 2.24) is 4.90 Å². The first-order valence-corrected chi connectivity index (χ1v) is 8.70. The molecular weight excluding hydrogens is 365 g/mol. The molecule has 27 heavy (non-hydrogen) atoms. The quantitative estimate of drug-likeness (QED) is 0.778. The Morgan fingerprint density at radius 3 is 1.81 bits per heavy atom. The summed E-state index contributed by atoms with van der Waals surface area (Å²) in [6.07, 6.45) is -2.60. The van der Waals surface area contributed by atoms with Crippen molar-refractivity contribution in [3.05, 3.63) is 71.8 Å². The van der Waals surface area contributed by atoms with E-state index in [1.54, 1.807) is 0 Å². The lowest BCUT2D eigenvalue weighted by Gasteiger charge is -2.37. The molecule has 0 spiro atoms. The van der Waals surface area contributed by atoms with Crippen LogP contribution in [0.25, 0.3) is 0 Å². The Labute approximate surface area is 165 Å². The molecule has 1 saturated heterocycles. The molecule has 2 amide bonds. The van der Waals surface area contributed by atoms with E-state index in [0.29, 0.717) is 0 Å². The van der Waals surface area contributed by atoms with Crippen molar-refractivity contribution in [1.29, 1.82) is 0 Å². The number of imide groups is 1. The second kappa shape index (κ2) is 8.13. The van der Waals surface area contributed by atoms with Crippen LogP contribution >= 0.6 is 13.5 Å². The van der Waals surface area contributed by atoms with E-state index in [4.69, 9.17) is 4.74 Å². The number of amides is 2. The van der Waals surface area contributed by atoms with Crippen LogP contribution in [0.3, 0.4) is 0 Å². The minimum Gasteiger partial charge on any atom is -0.430 e. The summed E-state index contributed by atoms with van der Waals surface area (Å²) < 4.78 is 19.7. The lowest BCUT2D eigenvalue weighted by molar-refractivity contribution is -0.135. The monoisotopic (exact) mass is 389 g/mol. The van der Waals surface area contributed by atoms with Gasteiger partial charge in [-0.25, -0.2) is 14.1 Å². The molecule has 144 valence electrons. The Balaban J connectivity index is 0.00000261. The highest BCUT2D eigenvalue weighted by Crippen LogP contribution is 2.47. The molecule has 2 aromatic carbocycles. The first-order chi connectivity index (χ1) is 12.4. The van der Waals surface area contributed by atoms with Crippen LogP contribution in [-0.2, 0) is 15.1 Å². The van der Waals surface area contributed by atoms with E-state index in [0.717, 1.165) is 23.0 Å². The third-order valence-electron chi connectivity index (χ3n) is 4.75. The van der Waals surface area contributed by atoms with Gasteiger partial charge in [-0.05, 0) is 12.8 Å². The predicted octanol–water partition coefficient (Wildman–Crippen LogP) is 4.40. The van der Waals surface area contributed by atoms with Gasteiger partial charge in [0.05, 0.1) is 6.04 Å². The standard InChI is InChI=1S/C21H22FNO3.H2S/c1-14(2)18-21(16-10-6-4-7-11-16,17-12-8-5-9-13-17)26-20(25)23(18)19(24)15(3)22;/h4-15,18H,1-3H3;1H2/t15?,18-;/m0./s1. The molecule has 0 aliphatic carbocycles. The number of rotatable bonds is 4. The second-order valence-corrected chi connectivity index (χ2v) is 6.85. The number of nitrogens with zero attached hydrogens (tertiary/aromatic N) is 1. The molecule has 3 rings (SSSR count). The van der Waals surface area contributed by atoms with E-state index in [-0.39, 0.29) is 19.4 Å². The van der Waals surface area contributed by atoms with Gasteiger partial charge in [0, 0.05) is 11.1 Å². The number of hydrogen-bond acceptors (Lipinski definition) is 3. The zero-order valence-electron chi connectivity index (χ0n) is 15.6. The first-order valence-electron chi connectivity index (χ1n) is 8.70. The SMILES string of the molecule is CC(F)C(=O)N1C(=O)OC(c2ccccc2)(c2ccccc2)[C@@H]1C(C)C.S. The number of benzene rings is 2. The molecule has 1 fully saturated rings. The molecule has 1 aliphatic rings. The molecule has 0 saturated carbocycles. The van der Waals surface area contributed by atoms with Gasteiger partial charge >= 0.3 is 6.09 Å². The van der Waals surface area contributed by atoms with E-state index < -0.39 is 29.8 Å². The minimum absolute atomic E-state index is 0. The summed E-state index contributed by atoms with van der Waals surface area (Å²) >= 11 is 0. The maximum absolute atomic E-state index is 13.8. The summed E-state index contributed by atoms with van der Waals surface area (Å²) in [5.41, 5.74) is 0.318. The number of alkyl halides is 1. The molecule has 0 radical (unpaired) electrons. The molecule has 2 atom stereocenters. The highest BCUT2D eigenvalue weighted by molar-refractivity contribution is 7.59. The number of carbonyl (C=O) groups excluding carboxylic acids is 2. The van der Waals surface area contributed by atoms with Crippen molar-refractivity contribution < 1.29 is 18.7 Å². The molecule has 6 heteroatoms. The van der Waals surface area contributed by atoms with Crippen LogP contribution in [0.1, 0.15) is 31.9 Å². The van der Waals surface area contributed by atoms with Crippen molar-refractivity contribution in [2.75, 3.05) is 0 Å². The van der Waals surface area contributed by atoms with E-state index >= 15 is 0 Å². The summed E-state index contributed by atoms with van der Waals surface area (Å²) in [6.45, 7) is 4.94. The van der Waals surface area contributed by atoms with Gasteiger partial charge in [-0.15, -0.1) is 0 Å². The molecular formula is C21H24FNO3S. The third-order valence-corrected chi connectivity index (χ3v) is 4.75. The number of halogens is 1. The van der Waals surface area contributed by atoms with Crippen molar-refractivity contribution >= 4 is 25.5 Å². The fraction of sp³-hybridized carbons (Fsp3) is 0.333. The van der Waals surface area contributed by atoms with E-state index in [9.17, 15) is 14.0 Å². The molecule has 4 nitrogen and oxygen atoms in total. The topological polar surface area (TPSA) is 46.6 Å². The van der Waals surface area contributed by atoms with Gasteiger partial charge in [-0.3, -0.25) is 4.79 Å². The summed E-state index contributed by atoms with van der Waals surface area (Å²) in [7, 11) is 0. The smallest absolute Gasteiger partial charge is 0.418 e. The van der Waals surface area contributed by atoms with Crippen molar-refractivity contribution in [2.45, 2.75) is 38.6 Å². The molecule has 1 heterocycles. The molecule has 0 N–H and O–H groups in total. The second-order valence-electron chi connectivity index (χ2n) is 6.85. The van der Waals surface area contributed by atoms with Crippen LogP contribution in [0.2, 0.25) is 0 Å². The van der Waals surface area contributed by atoms with Gasteiger partial charge in [0.15, 0.2) is 11.8 Å². The highest BCUT2D eigenvalue weighted by Gasteiger charge is 2.59. The zero-order chi connectivity index (χ0) is 18.9. The van der Waals surface area contributed by atoms with Crippen LogP contribution < -0.4 is 0 Å². The Bertz CT molecular complexity index is 756. The average Bonchev–Trinajstić information content (AvgIpc) is 2.96. The lowest BCUT2D eigenvalue weighted by atomic mass is 9.75. The predicted molar refractivity (Wildman–Crippen MR) is 107 cm³/mol. The van der Waals surface area contributed by atoms with E-state index in [1.807, 2.05) is 74.5 Å². The molecule has 0 bridgehead atoms. The fourth-order valence-electron chi connectivity index (χ4n) is 3.73. The van der Waals surface area contributed by atoms with Crippen LogP contribution in [-0.4, -0.2) is 29.1 Å². The highest BCUT2D eigenvalue weighted by atomic mass is 32.1. The largest absolute Gasteiger partial charge is 0.430 e. The van der Waals surface area contributed by atoms with E-state index in [1.165, 1.54) is 0 Å². The average molecular weight is 389 g/mol. The number of carbonyl (C=O) groups is 2. The van der Waals surface area contributed by atoms with Crippen molar-refractivity contribution in [3.8, 4) is 0 Å². The Hall–Kier alpha value is -2.34. The number of cyclic esters (lactones) is 1. The maximum atomic E-state index is 13.8. The normalized spacial score (nSPS) is 19.4. The van der Waals surface area contributed by atoms with Crippen LogP contribution in [0, 0.1) is 5.92 Å².